The molecule has 4 aromatic rings. The lowest BCUT2D eigenvalue weighted by atomic mass is 9.82. The molecule has 202 valence electrons. The monoisotopic (exact) mass is 593 g/mol. The van der Waals surface area contributed by atoms with E-state index in [4.69, 9.17) is 16.3 Å². The number of thiazole rings is 1. The minimum Gasteiger partial charge on any atom is -0.489 e. The van der Waals surface area contributed by atoms with Crippen LogP contribution in [0.2, 0.25) is 5.02 Å². The maximum absolute atomic E-state index is 14.0. The molecule has 40 heavy (non-hydrogen) atoms. The van der Waals surface area contributed by atoms with E-state index >= 15 is 0 Å². The number of aromatic nitrogens is 1. The Hall–Kier alpha value is -3.93. The van der Waals surface area contributed by atoms with E-state index in [9.17, 15) is 24.5 Å². The Kier molecular flexibility index (Phi) is 6.73. The third-order valence-electron chi connectivity index (χ3n) is 6.96. The van der Waals surface area contributed by atoms with E-state index in [1.807, 2.05) is 31.2 Å². The minimum absolute atomic E-state index is 0.181. The van der Waals surface area contributed by atoms with Gasteiger partial charge in [-0.15, -0.1) is 0 Å². The second-order valence-electron chi connectivity index (χ2n) is 9.49. The SMILES string of the molecule is Cc1ccc(COc2ccc([N+](=O)[O-])cc2[C@@H]2c3sc(=O)[nH]c3S[C@H]3C(=O)N(c4ccc(Cl)cc4)C(=O)[C@@H]23)cc1. The summed E-state index contributed by atoms with van der Waals surface area (Å²) in [6.07, 6.45) is 0. The second kappa shape index (κ2) is 10.2. The average molecular weight is 594 g/mol. The summed E-state index contributed by atoms with van der Waals surface area (Å²) in [6, 6.07) is 18.3. The summed E-state index contributed by atoms with van der Waals surface area (Å²) in [7, 11) is 0. The number of hydrogen-bond acceptors (Lipinski definition) is 8. The first-order valence-electron chi connectivity index (χ1n) is 12.2. The summed E-state index contributed by atoms with van der Waals surface area (Å²) in [5.74, 6) is -2.31. The van der Waals surface area contributed by atoms with Crippen molar-refractivity contribution in [3.63, 3.8) is 0 Å². The van der Waals surface area contributed by atoms with Crippen LogP contribution in [-0.4, -0.2) is 27.0 Å². The first-order chi connectivity index (χ1) is 19.2. The first-order valence-corrected chi connectivity index (χ1v) is 14.3. The summed E-state index contributed by atoms with van der Waals surface area (Å²) >= 11 is 8.08. The zero-order valence-electron chi connectivity index (χ0n) is 20.8. The summed E-state index contributed by atoms with van der Waals surface area (Å²) in [6.45, 7) is 2.16. The number of nitro benzene ring substituents is 1. The Labute approximate surface area is 240 Å². The van der Waals surface area contributed by atoms with Crippen molar-refractivity contribution < 1.29 is 19.2 Å². The molecule has 2 amide bonds. The second-order valence-corrected chi connectivity index (χ2v) is 12.1. The van der Waals surface area contributed by atoms with Gasteiger partial charge < -0.3 is 9.72 Å². The molecule has 1 fully saturated rings. The number of nitrogens with one attached hydrogen (secondary N) is 1. The number of fused-ring (bicyclic) bond motifs is 2. The molecule has 1 aromatic heterocycles. The molecular weight excluding hydrogens is 574 g/mol. The molecule has 0 spiro atoms. The molecule has 3 aromatic carbocycles. The number of nitrogens with zero attached hydrogens (tertiary/aromatic N) is 2. The maximum Gasteiger partial charge on any atom is 0.305 e. The van der Waals surface area contributed by atoms with Crippen LogP contribution in [-0.2, 0) is 16.2 Å². The van der Waals surface area contributed by atoms with Crippen molar-refractivity contribution in [2.75, 3.05) is 4.90 Å². The van der Waals surface area contributed by atoms with Crippen molar-refractivity contribution in [2.45, 2.75) is 29.7 Å². The highest BCUT2D eigenvalue weighted by Crippen LogP contribution is 2.55. The molecule has 6 rings (SSSR count). The highest BCUT2D eigenvalue weighted by molar-refractivity contribution is 8.00. The average Bonchev–Trinajstić information content (AvgIpc) is 3.43. The molecule has 1 N–H and O–H groups in total. The van der Waals surface area contributed by atoms with E-state index in [-0.39, 0.29) is 17.2 Å². The molecule has 1 saturated heterocycles. The van der Waals surface area contributed by atoms with Crippen LogP contribution >= 0.6 is 34.7 Å². The van der Waals surface area contributed by atoms with Gasteiger partial charge in [-0.3, -0.25) is 24.5 Å². The molecule has 2 aliphatic heterocycles. The smallest absolute Gasteiger partial charge is 0.305 e. The van der Waals surface area contributed by atoms with Gasteiger partial charge in [0.25, 0.3) is 5.69 Å². The number of rotatable bonds is 6. The van der Waals surface area contributed by atoms with E-state index in [0.29, 0.717) is 31.9 Å². The van der Waals surface area contributed by atoms with E-state index in [1.54, 1.807) is 24.3 Å². The molecule has 3 atom stereocenters. The van der Waals surface area contributed by atoms with Gasteiger partial charge in [0.1, 0.15) is 17.6 Å². The number of ether oxygens (including phenoxy) is 1. The van der Waals surface area contributed by atoms with Gasteiger partial charge in [0, 0.05) is 33.5 Å². The lowest BCUT2D eigenvalue weighted by Gasteiger charge is -2.30. The zero-order valence-corrected chi connectivity index (χ0v) is 23.2. The number of thioether (sulfide) groups is 1. The molecule has 0 unspecified atom stereocenters. The fourth-order valence-corrected chi connectivity index (χ4v) is 7.70. The number of amides is 2. The molecule has 0 radical (unpaired) electrons. The third kappa shape index (κ3) is 4.59. The number of aromatic amines is 1. The van der Waals surface area contributed by atoms with E-state index < -0.39 is 33.8 Å². The topological polar surface area (TPSA) is 123 Å². The standard InChI is InChI=1S/C28H20ClN3O6S2/c1-14-2-4-15(5-3-14)13-38-20-11-10-18(32(36)37)12-19(20)21-22-24(39-25-23(21)40-28(35)30-25)27(34)31(26(22)33)17-8-6-16(29)7-9-17/h2-12,21-22,24H,13H2,1H3,(H,30,35)/t21-,22-,24+/m0/s1. The normalized spacial score (nSPS) is 19.9. The predicted molar refractivity (Wildman–Crippen MR) is 152 cm³/mol. The van der Waals surface area contributed by atoms with Crippen LogP contribution in [0.1, 0.15) is 27.5 Å². The van der Waals surface area contributed by atoms with Crippen molar-refractivity contribution in [3.8, 4) is 5.75 Å². The number of carbonyl (C=O) groups excluding carboxylic acids is 2. The summed E-state index contributed by atoms with van der Waals surface area (Å²) in [5.41, 5.74) is 2.53. The Bertz CT molecular complexity index is 1720. The molecule has 12 heteroatoms. The summed E-state index contributed by atoms with van der Waals surface area (Å²) in [4.78, 5) is 55.4. The zero-order chi connectivity index (χ0) is 28.1. The number of H-pyrrole nitrogens is 1. The van der Waals surface area contributed by atoms with Gasteiger partial charge in [0.15, 0.2) is 0 Å². The fourth-order valence-electron chi connectivity index (χ4n) is 5.07. The fraction of sp³-hybridized carbons (Fsp3) is 0.179. The molecule has 0 saturated carbocycles. The van der Waals surface area contributed by atoms with Crippen LogP contribution in [0, 0.1) is 23.0 Å². The summed E-state index contributed by atoms with van der Waals surface area (Å²) < 4.78 is 6.17. The number of imide groups is 1. The number of aryl methyl sites for hydroxylation is 1. The van der Waals surface area contributed by atoms with Gasteiger partial charge in [-0.05, 0) is 42.8 Å². The molecule has 3 heterocycles. The van der Waals surface area contributed by atoms with Gasteiger partial charge in [0.2, 0.25) is 11.8 Å². The molecule has 2 aliphatic rings. The van der Waals surface area contributed by atoms with E-state index in [1.165, 1.54) is 18.2 Å². The molecule has 0 aliphatic carbocycles. The van der Waals surface area contributed by atoms with Crippen molar-refractivity contribution in [2.24, 2.45) is 5.92 Å². The van der Waals surface area contributed by atoms with Crippen molar-refractivity contribution in [1.29, 1.82) is 0 Å². The van der Waals surface area contributed by atoms with Gasteiger partial charge in [-0.1, -0.05) is 64.5 Å². The number of hydrogen-bond donors (Lipinski definition) is 1. The highest BCUT2D eigenvalue weighted by Gasteiger charge is 2.57. The van der Waals surface area contributed by atoms with Crippen LogP contribution in [0.4, 0.5) is 11.4 Å². The van der Waals surface area contributed by atoms with Crippen LogP contribution in [0.25, 0.3) is 0 Å². The Morgan fingerprint density at radius 2 is 1.75 bits per heavy atom. The van der Waals surface area contributed by atoms with Crippen LogP contribution in [0.3, 0.4) is 0 Å². The molecular formula is C28H20ClN3O6S2. The van der Waals surface area contributed by atoms with Gasteiger partial charge in [-0.2, -0.15) is 0 Å². The van der Waals surface area contributed by atoms with Crippen LogP contribution in [0.5, 0.6) is 5.75 Å². The lowest BCUT2D eigenvalue weighted by molar-refractivity contribution is -0.385. The number of anilines is 1. The number of carbonyl (C=O) groups is 2. The van der Waals surface area contributed by atoms with Crippen molar-refractivity contribution >= 4 is 57.9 Å². The van der Waals surface area contributed by atoms with Crippen LogP contribution in [0.15, 0.2) is 76.6 Å². The quantitative estimate of drug-likeness (QED) is 0.173. The Morgan fingerprint density at radius 3 is 2.45 bits per heavy atom. The van der Waals surface area contributed by atoms with Crippen molar-refractivity contribution in [1.82, 2.24) is 4.98 Å². The van der Waals surface area contributed by atoms with Gasteiger partial charge >= 0.3 is 4.87 Å². The third-order valence-corrected chi connectivity index (χ3v) is 9.62. The lowest BCUT2D eigenvalue weighted by Crippen LogP contribution is -2.32. The van der Waals surface area contributed by atoms with Gasteiger partial charge in [0.05, 0.1) is 21.6 Å². The highest BCUT2D eigenvalue weighted by atomic mass is 35.5. The van der Waals surface area contributed by atoms with Gasteiger partial charge in [-0.25, -0.2) is 4.90 Å². The van der Waals surface area contributed by atoms with Crippen LogP contribution < -0.4 is 14.5 Å². The molecule has 0 bridgehead atoms. The van der Waals surface area contributed by atoms with E-state index in [2.05, 4.69) is 4.98 Å². The summed E-state index contributed by atoms with van der Waals surface area (Å²) in [5, 5.41) is 11.9. The number of benzene rings is 3. The number of halogens is 1. The first kappa shape index (κ1) is 26.3. The minimum atomic E-state index is -0.921. The Balaban J connectivity index is 1.47. The largest absolute Gasteiger partial charge is 0.489 e. The van der Waals surface area contributed by atoms with Crippen molar-refractivity contribution in [3.05, 3.63) is 113 Å². The Morgan fingerprint density at radius 1 is 1.02 bits per heavy atom. The predicted octanol–water partition coefficient (Wildman–Crippen LogP) is 5.68. The number of nitro groups is 1. The molecule has 9 nitrogen and oxygen atoms in total. The number of non-ortho nitro benzene ring substituents is 1. The maximum atomic E-state index is 14.0. The van der Waals surface area contributed by atoms with E-state index in [0.717, 1.165) is 39.1 Å².